The molecule has 2 aromatic rings. The zero-order chi connectivity index (χ0) is 17.0. The summed E-state index contributed by atoms with van der Waals surface area (Å²) in [7, 11) is 0. The van der Waals surface area contributed by atoms with Crippen LogP contribution in [0.4, 0.5) is 13.2 Å². The van der Waals surface area contributed by atoms with E-state index in [4.69, 9.17) is 0 Å². The summed E-state index contributed by atoms with van der Waals surface area (Å²) >= 11 is 0. The van der Waals surface area contributed by atoms with Crippen molar-refractivity contribution in [2.75, 3.05) is 6.54 Å². The predicted octanol–water partition coefficient (Wildman–Crippen LogP) is 0.380. The molecular weight excluding hydrogens is 317 g/mol. The topological polar surface area (TPSA) is 96.8 Å². The highest BCUT2D eigenvalue weighted by Crippen LogP contribution is 2.26. The van der Waals surface area contributed by atoms with Gasteiger partial charge in [-0.1, -0.05) is 0 Å². The number of alkyl halides is 3. The van der Waals surface area contributed by atoms with Gasteiger partial charge in [0.15, 0.2) is 5.69 Å². The molecule has 122 valence electrons. The fourth-order valence-electron chi connectivity index (χ4n) is 1.73. The Bertz CT molecular complexity index is 826. The van der Waals surface area contributed by atoms with Gasteiger partial charge in [0.05, 0.1) is 6.54 Å². The lowest BCUT2D eigenvalue weighted by Crippen LogP contribution is -2.34. The van der Waals surface area contributed by atoms with Crippen LogP contribution in [-0.2, 0) is 12.7 Å². The van der Waals surface area contributed by atoms with Crippen LogP contribution < -0.4 is 16.4 Å². The molecule has 0 radical (unpaired) electrons. The molecule has 0 spiro atoms. The van der Waals surface area contributed by atoms with Crippen LogP contribution in [0.2, 0.25) is 0 Å². The van der Waals surface area contributed by atoms with Gasteiger partial charge < -0.3 is 10.3 Å². The second-order valence-electron chi connectivity index (χ2n) is 4.45. The standard InChI is InChI=1S/C13H11F3N4O3/c14-13(15,16)9-3-4-10(21)20(19-9)7-6-18-12(23)8-2-1-5-17-11(8)22/h1-5H,6-7H2,(H,17,22)(H,18,23). The Morgan fingerprint density at radius 1 is 1.26 bits per heavy atom. The van der Waals surface area contributed by atoms with Gasteiger partial charge in [0, 0.05) is 18.8 Å². The van der Waals surface area contributed by atoms with E-state index in [1.807, 2.05) is 0 Å². The number of nitrogens with one attached hydrogen (secondary N) is 2. The Morgan fingerprint density at radius 2 is 2.00 bits per heavy atom. The van der Waals surface area contributed by atoms with E-state index in [0.717, 1.165) is 6.07 Å². The smallest absolute Gasteiger partial charge is 0.350 e. The van der Waals surface area contributed by atoms with Gasteiger partial charge in [-0.2, -0.15) is 18.3 Å². The van der Waals surface area contributed by atoms with Gasteiger partial charge in [0.25, 0.3) is 17.0 Å². The van der Waals surface area contributed by atoms with E-state index >= 15 is 0 Å². The van der Waals surface area contributed by atoms with Crippen molar-refractivity contribution in [3.63, 3.8) is 0 Å². The minimum absolute atomic E-state index is 0.142. The molecule has 2 heterocycles. The number of aromatic amines is 1. The van der Waals surface area contributed by atoms with Crippen LogP contribution in [0.3, 0.4) is 0 Å². The molecule has 0 unspecified atom stereocenters. The van der Waals surface area contributed by atoms with Crippen molar-refractivity contribution >= 4 is 5.91 Å². The summed E-state index contributed by atoms with van der Waals surface area (Å²) in [4.78, 5) is 36.9. The van der Waals surface area contributed by atoms with Crippen molar-refractivity contribution in [1.29, 1.82) is 0 Å². The highest BCUT2D eigenvalue weighted by atomic mass is 19.4. The minimum atomic E-state index is -4.67. The molecular formula is C13H11F3N4O3. The van der Waals surface area contributed by atoms with Crippen LogP contribution >= 0.6 is 0 Å². The maximum absolute atomic E-state index is 12.5. The summed E-state index contributed by atoms with van der Waals surface area (Å²) in [6.45, 7) is -0.430. The summed E-state index contributed by atoms with van der Waals surface area (Å²) in [6.07, 6.45) is -3.32. The van der Waals surface area contributed by atoms with Crippen LogP contribution in [0.25, 0.3) is 0 Å². The Hall–Kier alpha value is -2.91. The molecule has 7 nitrogen and oxygen atoms in total. The molecule has 2 aromatic heterocycles. The normalized spacial score (nSPS) is 11.3. The number of carbonyl (C=O) groups is 1. The molecule has 0 saturated carbocycles. The molecule has 0 saturated heterocycles. The molecule has 0 atom stereocenters. The molecule has 2 N–H and O–H groups in total. The van der Waals surface area contributed by atoms with Gasteiger partial charge in [0.2, 0.25) is 0 Å². The van der Waals surface area contributed by atoms with E-state index in [-0.39, 0.29) is 18.7 Å². The van der Waals surface area contributed by atoms with Crippen molar-refractivity contribution in [3.8, 4) is 0 Å². The summed E-state index contributed by atoms with van der Waals surface area (Å²) in [5, 5.41) is 5.52. The number of H-pyrrole nitrogens is 1. The third-order valence-corrected chi connectivity index (χ3v) is 2.83. The molecule has 0 aromatic carbocycles. The van der Waals surface area contributed by atoms with E-state index in [9.17, 15) is 27.6 Å². The van der Waals surface area contributed by atoms with Gasteiger partial charge >= 0.3 is 6.18 Å². The van der Waals surface area contributed by atoms with E-state index in [1.165, 1.54) is 18.3 Å². The first kappa shape index (κ1) is 16.5. The first-order chi connectivity index (χ1) is 10.8. The number of hydrogen-bond acceptors (Lipinski definition) is 4. The third kappa shape index (κ3) is 4.05. The molecule has 0 bridgehead atoms. The van der Waals surface area contributed by atoms with E-state index in [2.05, 4.69) is 15.4 Å². The van der Waals surface area contributed by atoms with Crippen LogP contribution in [-0.4, -0.2) is 27.2 Å². The number of aromatic nitrogens is 3. The second kappa shape index (κ2) is 6.46. The van der Waals surface area contributed by atoms with Gasteiger partial charge in [-0.25, -0.2) is 4.68 Å². The van der Waals surface area contributed by atoms with Crippen molar-refractivity contribution < 1.29 is 18.0 Å². The minimum Gasteiger partial charge on any atom is -0.350 e. The lowest BCUT2D eigenvalue weighted by Gasteiger charge is -2.09. The highest BCUT2D eigenvalue weighted by Gasteiger charge is 2.33. The van der Waals surface area contributed by atoms with Crippen LogP contribution in [0.1, 0.15) is 16.1 Å². The van der Waals surface area contributed by atoms with Crippen LogP contribution in [0, 0.1) is 0 Å². The fourth-order valence-corrected chi connectivity index (χ4v) is 1.73. The number of halogens is 3. The summed E-state index contributed by atoms with van der Waals surface area (Å²) < 4.78 is 38.2. The quantitative estimate of drug-likeness (QED) is 0.848. The maximum atomic E-state index is 12.5. The van der Waals surface area contributed by atoms with E-state index < -0.39 is 28.9 Å². The fraction of sp³-hybridized carbons (Fsp3) is 0.231. The molecule has 0 aliphatic carbocycles. The first-order valence-electron chi connectivity index (χ1n) is 6.40. The number of carbonyl (C=O) groups excluding carboxylic acids is 1. The van der Waals surface area contributed by atoms with Crippen molar-refractivity contribution in [2.24, 2.45) is 0 Å². The summed E-state index contributed by atoms with van der Waals surface area (Å²) in [5.74, 6) is -0.702. The average molecular weight is 328 g/mol. The lowest BCUT2D eigenvalue weighted by atomic mass is 10.2. The van der Waals surface area contributed by atoms with E-state index in [0.29, 0.717) is 10.7 Å². The molecule has 2 rings (SSSR count). The number of nitrogens with zero attached hydrogens (tertiary/aromatic N) is 2. The number of rotatable bonds is 4. The third-order valence-electron chi connectivity index (χ3n) is 2.83. The van der Waals surface area contributed by atoms with Crippen LogP contribution in [0.5, 0.6) is 0 Å². The van der Waals surface area contributed by atoms with Crippen molar-refractivity contribution in [1.82, 2.24) is 20.1 Å². The van der Waals surface area contributed by atoms with Gasteiger partial charge in [-0.15, -0.1) is 0 Å². The Morgan fingerprint density at radius 3 is 2.65 bits per heavy atom. The molecule has 10 heteroatoms. The molecule has 23 heavy (non-hydrogen) atoms. The Kier molecular flexibility index (Phi) is 4.63. The van der Waals surface area contributed by atoms with Crippen molar-refractivity contribution in [2.45, 2.75) is 12.7 Å². The predicted molar refractivity (Wildman–Crippen MR) is 72.9 cm³/mol. The number of pyridine rings is 1. The van der Waals surface area contributed by atoms with Gasteiger partial charge in [-0.3, -0.25) is 14.4 Å². The lowest BCUT2D eigenvalue weighted by molar-refractivity contribution is -0.142. The molecule has 1 amide bonds. The summed E-state index contributed by atoms with van der Waals surface area (Å²) in [5.41, 5.74) is -2.68. The Labute approximate surface area is 126 Å². The molecule has 0 aliphatic heterocycles. The highest BCUT2D eigenvalue weighted by molar-refractivity contribution is 5.93. The second-order valence-corrected chi connectivity index (χ2v) is 4.45. The first-order valence-corrected chi connectivity index (χ1v) is 6.40. The van der Waals surface area contributed by atoms with Gasteiger partial charge in [0.1, 0.15) is 5.56 Å². The zero-order valence-corrected chi connectivity index (χ0v) is 11.6. The average Bonchev–Trinajstić information content (AvgIpc) is 2.48. The zero-order valence-electron chi connectivity index (χ0n) is 11.6. The Balaban J connectivity index is 2.05. The maximum Gasteiger partial charge on any atom is 0.435 e. The monoisotopic (exact) mass is 328 g/mol. The molecule has 0 fully saturated rings. The van der Waals surface area contributed by atoms with Crippen molar-refractivity contribution in [3.05, 3.63) is 62.4 Å². The van der Waals surface area contributed by atoms with E-state index in [1.54, 1.807) is 0 Å². The summed E-state index contributed by atoms with van der Waals surface area (Å²) in [6, 6.07) is 4.08. The largest absolute Gasteiger partial charge is 0.435 e. The number of amides is 1. The number of hydrogen-bond donors (Lipinski definition) is 2. The van der Waals surface area contributed by atoms with Crippen LogP contribution in [0.15, 0.2) is 40.1 Å². The SMILES string of the molecule is O=C(NCCn1nc(C(F)(F)F)ccc1=O)c1ccc[nH]c1=O. The van der Waals surface area contributed by atoms with Gasteiger partial charge in [-0.05, 0) is 18.2 Å². The molecule has 0 aliphatic rings.